The van der Waals surface area contributed by atoms with Gasteiger partial charge in [0, 0.05) is 39.1 Å². The number of rotatable bonds is 6. The summed E-state index contributed by atoms with van der Waals surface area (Å²) in [5, 5.41) is 3.00. The molecule has 0 radical (unpaired) electrons. The molecule has 1 saturated carbocycles. The highest BCUT2D eigenvalue weighted by Gasteiger charge is 2.30. The third-order valence-electron chi connectivity index (χ3n) is 7.00. The van der Waals surface area contributed by atoms with Gasteiger partial charge in [0.1, 0.15) is 5.82 Å². The van der Waals surface area contributed by atoms with Crippen LogP contribution in [0.15, 0.2) is 47.4 Å². The van der Waals surface area contributed by atoms with E-state index in [-0.39, 0.29) is 34.6 Å². The Hall–Kier alpha value is -2.65. The molecule has 1 atom stereocenters. The van der Waals surface area contributed by atoms with Gasteiger partial charge in [-0.1, -0.05) is 12.1 Å². The van der Waals surface area contributed by atoms with Gasteiger partial charge in [0.2, 0.25) is 15.9 Å². The number of sulfonamides is 1. The number of benzene rings is 2. The zero-order chi connectivity index (χ0) is 24.5. The van der Waals surface area contributed by atoms with Crippen LogP contribution >= 0.6 is 0 Å². The first-order chi connectivity index (χ1) is 16.1. The summed E-state index contributed by atoms with van der Waals surface area (Å²) in [4.78, 5) is 17.2. The van der Waals surface area contributed by atoms with Crippen molar-refractivity contribution >= 4 is 27.3 Å². The van der Waals surface area contributed by atoms with Crippen molar-refractivity contribution in [1.29, 1.82) is 0 Å². The molecule has 0 aromatic heterocycles. The standard InChI is InChI=1S/C25H33FN4O3S/c1-17(18-4-8-20(26)9-5-18)27-25(31)19-6-10-21(11-7-19)28-34(32,33)22-12-13-23-24(16-22)30(3)15-14-29(23)2/h4-5,8-9,12-13,16-17,19,21,28H,6-7,10-11,14-15H2,1-3H3,(H,27,31)/t17-,19-,21-/m1/s1. The van der Waals surface area contributed by atoms with Crippen molar-refractivity contribution in [3.63, 3.8) is 0 Å². The number of hydrogen-bond acceptors (Lipinski definition) is 5. The van der Waals surface area contributed by atoms with Gasteiger partial charge in [0.25, 0.3) is 0 Å². The van der Waals surface area contributed by atoms with Gasteiger partial charge in [-0.3, -0.25) is 4.79 Å². The molecule has 0 unspecified atom stereocenters. The Balaban J connectivity index is 1.33. The predicted molar refractivity (Wildman–Crippen MR) is 132 cm³/mol. The highest BCUT2D eigenvalue weighted by molar-refractivity contribution is 7.89. The van der Waals surface area contributed by atoms with Crippen molar-refractivity contribution in [2.75, 3.05) is 37.0 Å². The van der Waals surface area contributed by atoms with Crippen molar-refractivity contribution in [3.05, 3.63) is 53.8 Å². The van der Waals surface area contributed by atoms with Crippen LogP contribution in [0.3, 0.4) is 0 Å². The highest BCUT2D eigenvalue weighted by atomic mass is 32.2. The summed E-state index contributed by atoms with van der Waals surface area (Å²) in [6.07, 6.45) is 2.45. The zero-order valence-electron chi connectivity index (χ0n) is 19.9. The summed E-state index contributed by atoms with van der Waals surface area (Å²) in [6.45, 7) is 3.61. The molecule has 2 N–H and O–H groups in total. The van der Waals surface area contributed by atoms with Crippen LogP contribution in [-0.2, 0) is 14.8 Å². The van der Waals surface area contributed by atoms with E-state index >= 15 is 0 Å². The molecule has 1 heterocycles. The fourth-order valence-corrected chi connectivity index (χ4v) is 6.09. The Morgan fingerprint density at radius 2 is 1.59 bits per heavy atom. The monoisotopic (exact) mass is 488 g/mol. The number of nitrogens with zero attached hydrogens (tertiary/aromatic N) is 2. The number of carbonyl (C=O) groups excluding carboxylic acids is 1. The van der Waals surface area contributed by atoms with E-state index in [2.05, 4.69) is 19.8 Å². The molecule has 9 heteroatoms. The minimum Gasteiger partial charge on any atom is -0.371 e. The molecular weight excluding hydrogens is 455 g/mol. The molecule has 0 saturated heterocycles. The van der Waals surface area contributed by atoms with Crippen LogP contribution < -0.4 is 19.8 Å². The number of fused-ring (bicyclic) bond motifs is 1. The molecule has 2 aromatic rings. The molecule has 1 fully saturated rings. The predicted octanol–water partition coefficient (Wildman–Crippen LogP) is 3.43. The number of hydrogen-bond donors (Lipinski definition) is 2. The third kappa shape index (κ3) is 5.36. The lowest BCUT2D eigenvalue weighted by Gasteiger charge is -2.35. The van der Waals surface area contributed by atoms with Crippen LogP contribution in [0.2, 0.25) is 0 Å². The average Bonchev–Trinajstić information content (AvgIpc) is 2.82. The smallest absolute Gasteiger partial charge is 0.240 e. The van der Waals surface area contributed by atoms with Crippen LogP contribution in [0.4, 0.5) is 15.8 Å². The van der Waals surface area contributed by atoms with Gasteiger partial charge in [-0.05, 0) is 68.5 Å². The maximum absolute atomic E-state index is 13.1. The number of anilines is 2. The second-order valence-corrected chi connectivity index (χ2v) is 11.2. The Bertz CT molecular complexity index is 1130. The second-order valence-electron chi connectivity index (χ2n) is 9.45. The van der Waals surface area contributed by atoms with E-state index in [4.69, 9.17) is 0 Å². The van der Waals surface area contributed by atoms with Crippen molar-refractivity contribution < 1.29 is 17.6 Å². The summed E-state index contributed by atoms with van der Waals surface area (Å²) in [5.41, 5.74) is 2.78. The number of halogens is 1. The van der Waals surface area contributed by atoms with E-state index in [1.807, 2.05) is 27.1 Å². The lowest BCUT2D eigenvalue weighted by Crippen LogP contribution is -2.41. The molecule has 1 aliphatic carbocycles. The number of likely N-dealkylation sites (N-methyl/N-ethyl adjacent to an activating group) is 2. The maximum Gasteiger partial charge on any atom is 0.240 e. The van der Waals surface area contributed by atoms with E-state index in [0.717, 1.165) is 30.0 Å². The topological polar surface area (TPSA) is 81.8 Å². The van der Waals surface area contributed by atoms with Gasteiger partial charge < -0.3 is 15.1 Å². The van der Waals surface area contributed by atoms with Gasteiger partial charge in [0.05, 0.1) is 22.3 Å². The summed E-state index contributed by atoms with van der Waals surface area (Å²) in [6, 6.07) is 11.0. The molecule has 4 rings (SSSR count). The van der Waals surface area contributed by atoms with Crippen molar-refractivity contribution in [2.45, 2.75) is 49.6 Å². The Morgan fingerprint density at radius 3 is 2.24 bits per heavy atom. The minimum atomic E-state index is -3.66. The molecule has 184 valence electrons. The fraction of sp³-hybridized carbons (Fsp3) is 0.480. The van der Waals surface area contributed by atoms with Gasteiger partial charge in [-0.2, -0.15) is 0 Å². The van der Waals surface area contributed by atoms with E-state index in [9.17, 15) is 17.6 Å². The van der Waals surface area contributed by atoms with Gasteiger partial charge in [-0.25, -0.2) is 17.5 Å². The first-order valence-corrected chi connectivity index (χ1v) is 13.3. The van der Waals surface area contributed by atoms with Gasteiger partial charge in [-0.15, -0.1) is 0 Å². The largest absolute Gasteiger partial charge is 0.371 e. The molecule has 0 spiro atoms. The van der Waals surface area contributed by atoms with Gasteiger partial charge >= 0.3 is 0 Å². The first-order valence-electron chi connectivity index (χ1n) is 11.8. The van der Waals surface area contributed by atoms with Crippen molar-refractivity contribution in [1.82, 2.24) is 10.0 Å². The molecule has 2 aliphatic rings. The van der Waals surface area contributed by atoms with Crippen LogP contribution in [0.5, 0.6) is 0 Å². The quantitative estimate of drug-likeness (QED) is 0.651. The van der Waals surface area contributed by atoms with Crippen molar-refractivity contribution in [3.8, 4) is 0 Å². The first kappa shape index (κ1) is 24.5. The summed E-state index contributed by atoms with van der Waals surface area (Å²) >= 11 is 0. The van der Waals surface area contributed by atoms with E-state index in [1.54, 1.807) is 24.3 Å². The minimum absolute atomic E-state index is 0.0417. The molecule has 1 aliphatic heterocycles. The number of carbonyl (C=O) groups is 1. The Kier molecular flexibility index (Phi) is 7.14. The maximum atomic E-state index is 13.1. The Morgan fingerprint density at radius 1 is 0.971 bits per heavy atom. The van der Waals surface area contributed by atoms with E-state index in [0.29, 0.717) is 25.7 Å². The molecule has 7 nitrogen and oxygen atoms in total. The molecule has 1 amide bonds. The van der Waals surface area contributed by atoms with Gasteiger partial charge in [0.15, 0.2) is 0 Å². The van der Waals surface area contributed by atoms with Crippen LogP contribution in [0, 0.1) is 11.7 Å². The number of amides is 1. The number of nitrogens with one attached hydrogen (secondary N) is 2. The zero-order valence-corrected chi connectivity index (χ0v) is 20.7. The normalized spacial score (nSPS) is 21.6. The lowest BCUT2D eigenvalue weighted by atomic mass is 9.85. The summed E-state index contributed by atoms with van der Waals surface area (Å²) < 4.78 is 42.1. The summed E-state index contributed by atoms with van der Waals surface area (Å²) in [7, 11) is 0.321. The van der Waals surface area contributed by atoms with Crippen LogP contribution in [0.25, 0.3) is 0 Å². The molecular formula is C25H33FN4O3S. The molecule has 0 bridgehead atoms. The lowest BCUT2D eigenvalue weighted by molar-refractivity contribution is -0.126. The third-order valence-corrected chi connectivity index (χ3v) is 8.52. The molecule has 2 aromatic carbocycles. The summed E-state index contributed by atoms with van der Waals surface area (Å²) in [5.74, 6) is -0.505. The fourth-order valence-electron chi connectivity index (χ4n) is 4.77. The van der Waals surface area contributed by atoms with Crippen LogP contribution in [-0.4, -0.2) is 47.6 Å². The second kappa shape index (κ2) is 9.92. The average molecular weight is 489 g/mol. The van der Waals surface area contributed by atoms with Crippen LogP contribution in [0.1, 0.15) is 44.2 Å². The highest BCUT2D eigenvalue weighted by Crippen LogP contribution is 2.34. The van der Waals surface area contributed by atoms with E-state index < -0.39 is 10.0 Å². The Labute approximate surface area is 201 Å². The van der Waals surface area contributed by atoms with Crippen molar-refractivity contribution in [2.24, 2.45) is 5.92 Å². The molecule has 34 heavy (non-hydrogen) atoms. The van der Waals surface area contributed by atoms with E-state index in [1.165, 1.54) is 12.1 Å². The SMILES string of the molecule is C[C@@H](NC(=O)[C@H]1CC[C@H](NS(=O)(=O)c2ccc3c(c2)N(C)CCN3C)CC1)c1ccc(F)cc1.